The van der Waals surface area contributed by atoms with E-state index in [9.17, 15) is 14.9 Å². The van der Waals surface area contributed by atoms with E-state index in [1.807, 2.05) is 57.6 Å². The highest BCUT2D eigenvalue weighted by molar-refractivity contribution is 6.32. The predicted octanol–water partition coefficient (Wildman–Crippen LogP) is 7.64. The number of rotatable bonds is 7. The van der Waals surface area contributed by atoms with Crippen molar-refractivity contribution < 1.29 is 14.3 Å². The number of ether oxygens (including phenoxy) is 1. The SMILES string of the molecule is CC(C)(C)OC(=O)N1CCN(CCCn2cc(-c3ccc(-c4ccc5c(c4)C(C)(C)C(=O)N5c4ccc(C#N)c(Cl)c4)cc3)cn2)CC1. The highest BCUT2D eigenvalue weighted by atomic mass is 35.5. The van der Waals surface area contributed by atoms with E-state index in [0.29, 0.717) is 29.4 Å². The summed E-state index contributed by atoms with van der Waals surface area (Å²) < 4.78 is 7.50. The first-order chi connectivity index (χ1) is 22.8. The zero-order valence-electron chi connectivity index (χ0n) is 28.2. The van der Waals surface area contributed by atoms with E-state index in [1.165, 1.54) is 0 Å². The highest BCUT2D eigenvalue weighted by Crippen LogP contribution is 2.47. The van der Waals surface area contributed by atoms with E-state index >= 15 is 0 Å². The van der Waals surface area contributed by atoms with Crippen LogP contribution in [-0.4, -0.2) is 69.9 Å². The fourth-order valence-electron chi connectivity index (χ4n) is 6.33. The molecule has 2 aliphatic heterocycles. The number of piperazine rings is 1. The summed E-state index contributed by atoms with van der Waals surface area (Å²) in [5, 5.41) is 14.2. The van der Waals surface area contributed by atoms with Gasteiger partial charge in [-0.15, -0.1) is 0 Å². The maximum atomic E-state index is 13.6. The topological polar surface area (TPSA) is 94.7 Å². The first-order valence-corrected chi connectivity index (χ1v) is 16.7. The molecule has 0 atom stereocenters. The van der Waals surface area contributed by atoms with Gasteiger partial charge in [-0.3, -0.25) is 19.3 Å². The average molecular weight is 665 g/mol. The maximum absolute atomic E-state index is 13.6. The van der Waals surface area contributed by atoms with Gasteiger partial charge in [0.25, 0.3) is 0 Å². The van der Waals surface area contributed by atoms with Crippen LogP contribution in [0, 0.1) is 11.3 Å². The van der Waals surface area contributed by atoms with Gasteiger partial charge in [0.05, 0.1) is 33.6 Å². The van der Waals surface area contributed by atoms with Crippen molar-refractivity contribution in [3.05, 3.63) is 89.2 Å². The predicted molar refractivity (Wildman–Crippen MR) is 188 cm³/mol. The van der Waals surface area contributed by atoms with Crippen LogP contribution in [0.15, 0.2) is 73.1 Å². The van der Waals surface area contributed by atoms with Crippen molar-refractivity contribution >= 4 is 35.0 Å². The number of anilines is 2. The molecule has 0 unspecified atom stereocenters. The zero-order chi connectivity index (χ0) is 34.2. The van der Waals surface area contributed by atoms with Crippen molar-refractivity contribution in [1.29, 1.82) is 5.26 Å². The first-order valence-electron chi connectivity index (χ1n) is 16.4. The Bertz CT molecular complexity index is 1880. The fraction of sp³-hybridized carbons (Fsp3) is 0.368. The number of aromatic nitrogens is 2. The molecule has 9 nitrogen and oxygen atoms in total. The Morgan fingerprint density at radius 3 is 2.25 bits per heavy atom. The number of hydrogen-bond acceptors (Lipinski definition) is 6. The number of benzene rings is 3. The normalized spacial score (nSPS) is 16.1. The fourth-order valence-corrected chi connectivity index (χ4v) is 6.55. The molecule has 248 valence electrons. The lowest BCUT2D eigenvalue weighted by Crippen LogP contribution is -2.50. The van der Waals surface area contributed by atoms with Crippen LogP contribution in [0.5, 0.6) is 0 Å². The third-order valence-electron chi connectivity index (χ3n) is 9.05. The molecule has 0 spiro atoms. The maximum Gasteiger partial charge on any atom is 0.410 e. The van der Waals surface area contributed by atoms with Gasteiger partial charge in [0, 0.05) is 51.0 Å². The number of nitriles is 1. The monoisotopic (exact) mass is 664 g/mol. The summed E-state index contributed by atoms with van der Waals surface area (Å²) in [6.45, 7) is 14.4. The number of carbonyl (C=O) groups excluding carboxylic acids is 2. The summed E-state index contributed by atoms with van der Waals surface area (Å²) in [5.74, 6) is -0.0384. The van der Waals surface area contributed by atoms with Crippen molar-refractivity contribution in [2.45, 2.75) is 58.6 Å². The average Bonchev–Trinajstić information content (AvgIpc) is 3.60. The molecule has 6 rings (SSSR count). The molecular weight excluding hydrogens is 624 g/mol. The van der Waals surface area contributed by atoms with Crippen LogP contribution < -0.4 is 4.90 Å². The summed E-state index contributed by atoms with van der Waals surface area (Å²) in [4.78, 5) is 31.8. The third kappa shape index (κ3) is 6.82. The molecule has 0 radical (unpaired) electrons. The Balaban J connectivity index is 1.07. The molecule has 4 aromatic rings. The van der Waals surface area contributed by atoms with Crippen LogP contribution in [0.1, 0.15) is 52.2 Å². The first kappa shape index (κ1) is 33.3. The summed E-state index contributed by atoms with van der Waals surface area (Å²) >= 11 is 6.31. The number of halogens is 1. The van der Waals surface area contributed by atoms with Crippen molar-refractivity contribution in [3.8, 4) is 28.3 Å². The highest BCUT2D eigenvalue weighted by Gasteiger charge is 2.44. The molecule has 0 N–H and O–H groups in total. The second-order valence-corrected chi connectivity index (χ2v) is 14.4. The van der Waals surface area contributed by atoms with Crippen LogP contribution >= 0.6 is 11.6 Å². The molecule has 0 bridgehead atoms. The summed E-state index contributed by atoms with van der Waals surface area (Å²) in [7, 11) is 0. The molecule has 2 aliphatic rings. The smallest absolute Gasteiger partial charge is 0.410 e. The molecular formula is C38H41ClN6O3. The molecule has 0 saturated carbocycles. The Labute approximate surface area is 287 Å². The van der Waals surface area contributed by atoms with Crippen LogP contribution in [-0.2, 0) is 21.5 Å². The molecule has 48 heavy (non-hydrogen) atoms. The van der Waals surface area contributed by atoms with E-state index in [-0.39, 0.29) is 12.0 Å². The molecule has 3 heterocycles. The van der Waals surface area contributed by atoms with Gasteiger partial charge in [0.1, 0.15) is 11.7 Å². The van der Waals surface area contributed by atoms with Gasteiger partial charge in [-0.05, 0) is 93.6 Å². The Morgan fingerprint density at radius 1 is 0.938 bits per heavy atom. The lowest BCUT2D eigenvalue weighted by Gasteiger charge is -2.35. The van der Waals surface area contributed by atoms with Gasteiger partial charge < -0.3 is 9.64 Å². The van der Waals surface area contributed by atoms with E-state index in [0.717, 1.165) is 66.1 Å². The van der Waals surface area contributed by atoms with Crippen molar-refractivity contribution in [2.75, 3.05) is 37.6 Å². The minimum atomic E-state index is -0.728. The quantitative estimate of drug-likeness (QED) is 0.202. The number of nitrogens with zero attached hydrogens (tertiary/aromatic N) is 6. The van der Waals surface area contributed by atoms with Gasteiger partial charge in [-0.1, -0.05) is 41.9 Å². The van der Waals surface area contributed by atoms with Gasteiger partial charge in [-0.2, -0.15) is 10.4 Å². The van der Waals surface area contributed by atoms with Gasteiger partial charge in [0.2, 0.25) is 5.91 Å². The summed E-state index contributed by atoms with van der Waals surface area (Å²) in [6.07, 6.45) is 4.73. The Kier molecular flexibility index (Phi) is 9.08. The Hall–Kier alpha value is -4.65. The van der Waals surface area contributed by atoms with Crippen molar-refractivity contribution in [3.63, 3.8) is 0 Å². The molecule has 10 heteroatoms. The number of fused-ring (bicyclic) bond motifs is 1. The summed E-state index contributed by atoms with van der Waals surface area (Å²) in [5.41, 5.74) is 5.82. The van der Waals surface area contributed by atoms with Crippen LogP contribution in [0.4, 0.5) is 16.2 Å². The zero-order valence-corrected chi connectivity index (χ0v) is 28.9. The third-order valence-corrected chi connectivity index (χ3v) is 9.36. The van der Waals surface area contributed by atoms with E-state index < -0.39 is 11.0 Å². The number of hydrogen-bond donors (Lipinski definition) is 0. The van der Waals surface area contributed by atoms with Crippen LogP contribution in [0.25, 0.3) is 22.3 Å². The Morgan fingerprint density at radius 2 is 1.60 bits per heavy atom. The van der Waals surface area contributed by atoms with Gasteiger partial charge in [0.15, 0.2) is 0 Å². The lowest BCUT2D eigenvalue weighted by molar-refractivity contribution is -0.121. The minimum Gasteiger partial charge on any atom is -0.444 e. The van der Waals surface area contributed by atoms with Crippen LogP contribution in [0.2, 0.25) is 5.02 Å². The number of amides is 2. The van der Waals surface area contributed by atoms with Crippen molar-refractivity contribution in [2.24, 2.45) is 0 Å². The molecule has 1 fully saturated rings. The van der Waals surface area contributed by atoms with Crippen LogP contribution in [0.3, 0.4) is 0 Å². The number of carbonyl (C=O) groups is 2. The van der Waals surface area contributed by atoms with E-state index in [4.69, 9.17) is 16.3 Å². The second kappa shape index (κ2) is 13.1. The standard InChI is InChI=1S/C38H41ClN6O3/c1-37(2,3)48-36(47)43-19-17-42(18-20-43)15-6-16-44-25-30(24-41-44)27-9-7-26(8-10-27)28-12-14-34-32(21-28)38(4,5)35(46)45(34)31-13-11-29(23-40)33(39)22-31/h7-14,21-22,24-25H,6,15-20H2,1-5H3. The number of aryl methyl sites for hydroxylation is 1. The summed E-state index contributed by atoms with van der Waals surface area (Å²) in [6, 6.07) is 21.7. The van der Waals surface area contributed by atoms with E-state index in [2.05, 4.69) is 52.6 Å². The molecule has 0 aliphatic carbocycles. The molecule has 2 amide bonds. The molecule has 1 saturated heterocycles. The second-order valence-electron chi connectivity index (χ2n) is 14.0. The lowest BCUT2D eigenvalue weighted by atomic mass is 9.84. The largest absolute Gasteiger partial charge is 0.444 e. The van der Waals surface area contributed by atoms with Gasteiger partial charge in [-0.25, -0.2) is 4.79 Å². The molecule has 1 aromatic heterocycles. The van der Waals surface area contributed by atoms with Crippen molar-refractivity contribution in [1.82, 2.24) is 19.6 Å². The van der Waals surface area contributed by atoms with Gasteiger partial charge >= 0.3 is 6.09 Å². The van der Waals surface area contributed by atoms with E-state index in [1.54, 1.807) is 28.0 Å². The minimum absolute atomic E-state index is 0.0384. The molecule has 3 aromatic carbocycles.